The molecule has 0 saturated carbocycles. The number of benzene rings is 1. The molecule has 0 saturated heterocycles. The summed E-state index contributed by atoms with van der Waals surface area (Å²) < 4.78 is 32.4. The molecule has 0 aliphatic rings. The van der Waals surface area contributed by atoms with Gasteiger partial charge in [-0.15, -0.1) is 0 Å². The molecule has 3 N–H and O–H groups in total. The Kier molecular flexibility index (Phi) is 4.43. The van der Waals surface area contributed by atoms with Crippen LogP contribution in [0.1, 0.15) is 11.3 Å². The first-order chi connectivity index (χ1) is 9.33. The highest BCUT2D eigenvalue weighted by Gasteiger charge is 2.23. The Morgan fingerprint density at radius 2 is 2.10 bits per heavy atom. The Hall–Kier alpha value is -1.02. The van der Waals surface area contributed by atoms with Crippen LogP contribution in [0.4, 0.5) is 5.69 Å². The Labute approximate surface area is 130 Å². The van der Waals surface area contributed by atoms with Crippen molar-refractivity contribution in [1.82, 2.24) is 0 Å². The Balaban J connectivity index is 2.40. The Bertz CT molecular complexity index is 743. The third kappa shape index (κ3) is 3.17. The lowest BCUT2D eigenvalue weighted by Gasteiger charge is -2.09. The van der Waals surface area contributed by atoms with Gasteiger partial charge in [0.1, 0.15) is 10.7 Å². The van der Waals surface area contributed by atoms with Gasteiger partial charge in [0.25, 0.3) is 10.0 Å². The average Bonchev–Trinajstić information content (AvgIpc) is 2.76. The zero-order valence-electron chi connectivity index (χ0n) is 10.5. The van der Waals surface area contributed by atoms with Gasteiger partial charge >= 0.3 is 0 Å². The summed E-state index contributed by atoms with van der Waals surface area (Å²) in [5, 5.41) is 0.446. The predicted molar refractivity (Wildman–Crippen MR) is 81.3 cm³/mol. The molecule has 5 nitrogen and oxygen atoms in total. The van der Waals surface area contributed by atoms with Crippen molar-refractivity contribution < 1.29 is 12.8 Å². The molecule has 20 heavy (non-hydrogen) atoms. The molecule has 0 amide bonds. The molecule has 1 aromatic heterocycles. The highest BCUT2D eigenvalue weighted by molar-refractivity contribution is 9.10. The SMILES string of the molecule is Cc1ccc(Cl)cc1NS(=O)(=O)c1cc(CN)oc1Br. The van der Waals surface area contributed by atoms with Crippen LogP contribution in [0.5, 0.6) is 0 Å². The van der Waals surface area contributed by atoms with E-state index in [2.05, 4.69) is 20.7 Å². The van der Waals surface area contributed by atoms with E-state index >= 15 is 0 Å². The molecule has 0 atom stereocenters. The molecule has 1 aromatic carbocycles. The molecule has 0 radical (unpaired) electrons. The van der Waals surface area contributed by atoms with Crippen LogP contribution in [0.2, 0.25) is 5.02 Å². The number of aryl methyl sites for hydroxylation is 1. The predicted octanol–water partition coefficient (Wildman–Crippen LogP) is 3.26. The van der Waals surface area contributed by atoms with Gasteiger partial charge < -0.3 is 10.2 Å². The summed E-state index contributed by atoms with van der Waals surface area (Å²) in [6.45, 7) is 1.90. The van der Waals surface area contributed by atoms with Gasteiger partial charge in [-0.1, -0.05) is 17.7 Å². The van der Waals surface area contributed by atoms with Gasteiger partial charge in [-0.25, -0.2) is 8.42 Å². The quantitative estimate of drug-likeness (QED) is 0.854. The second-order valence-corrected chi connectivity index (χ2v) is 6.93. The zero-order valence-corrected chi connectivity index (χ0v) is 13.6. The molecule has 1 heterocycles. The van der Waals surface area contributed by atoms with Crippen molar-refractivity contribution in [2.75, 3.05) is 4.72 Å². The number of anilines is 1. The monoisotopic (exact) mass is 378 g/mol. The number of furan rings is 1. The third-order valence-corrected chi connectivity index (χ3v) is 5.10. The maximum Gasteiger partial charge on any atom is 0.266 e. The van der Waals surface area contributed by atoms with Crippen molar-refractivity contribution in [2.45, 2.75) is 18.4 Å². The molecular formula is C12H12BrClN2O3S. The number of nitrogens with two attached hydrogens (primary N) is 1. The van der Waals surface area contributed by atoms with E-state index < -0.39 is 10.0 Å². The summed E-state index contributed by atoms with van der Waals surface area (Å²) in [6, 6.07) is 6.35. The van der Waals surface area contributed by atoms with Crippen molar-refractivity contribution >= 4 is 43.2 Å². The number of rotatable bonds is 4. The lowest BCUT2D eigenvalue weighted by atomic mass is 10.2. The van der Waals surface area contributed by atoms with Gasteiger partial charge in [0.2, 0.25) is 0 Å². The van der Waals surface area contributed by atoms with E-state index in [4.69, 9.17) is 21.8 Å². The lowest BCUT2D eigenvalue weighted by Crippen LogP contribution is -2.13. The third-order valence-electron chi connectivity index (χ3n) is 2.64. The molecule has 0 bridgehead atoms. The smallest absolute Gasteiger partial charge is 0.266 e. The maximum absolute atomic E-state index is 12.3. The molecule has 0 unspecified atom stereocenters. The van der Waals surface area contributed by atoms with Crippen molar-refractivity contribution in [1.29, 1.82) is 0 Å². The standard InChI is InChI=1S/C12H12BrClN2O3S/c1-7-2-3-8(14)4-10(7)16-20(17,18)11-5-9(6-15)19-12(11)13/h2-5,16H,6,15H2,1H3. The molecule has 0 aliphatic carbocycles. The Morgan fingerprint density at radius 3 is 2.70 bits per heavy atom. The second kappa shape index (κ2) is 5.77. The summed E-state index contributed by atoms with van der Waals surface area (Å²) in [7, 11) is -3.78. The van der Waals surface area contributed by atoms with Crippen LogP contribution in [0.15, 0.2) is 38.2 Å². The first kappa shape index (κ1) is 15.4. The Morgan fingerprint density at radius 1 is 1.40 bits per heavy atom. The van der Waals surface area contributed by atoms with E-state index in [0.29, 0.717) is 16.5 Å². The lowest BCUT2D eigenvalue weighted by molar-refractivity contribution is 0.484. The second-order valence-electron chi connectivity index (χ2n) is 4.12. The van der Waals surface area contributed by atoms with Crippen LogP contribution in [0, 0.1) is 6.92 Å². The number of nitrogens with one attached hydrogen (secondary N) is 1. The highest BCUT2D eigenvalue weighted by Crippen LogP contribution is 2.29. The fraction of sp³-hybridized carbons (Fsp3) is 0.167. The fourth-order valence-electron chi connectivity index (χ4n) is 1.59. The molecule has 0 fully saturated rings. The van der Waals surface area contributed by atoms with Gasteiger partial charge in [-0.05, 0) is 40.5 Å². The largest absolute Gasteiger partial charge is 0.452 e. The van der Waals surface area contributed by atoms with Gasteiger partial charge in [0, 0.05) is 11.1 Å². The minimum atomic E-state index is -3.78. The minimum absolute atomic E-state index is 0.00248. The van der Waals surface area contributed by atoms with Gasteiger partial charge in [-0.2, -0.15) is 0 Å². The normalized spacial score (nSPS) is 11.6. The minimum Gasteiger partial charge on any atom is -0.452 e. The number of hydrogen-bond donors (Lipinski definition) is 2. The molecule has 2 aromatic rings. The summed E-state index contributed by atoms with van der Waals surface area (Å²) in [6.07, 6.45) is 0. The van der Waals surface area contributed by atoms with Crippen LogP contribution in [0.25, 0.3) is 0 Å². The number of hydrogen-bond acceptors (Lipinski definition) is 4. The molecule has 8 heteroatoms. The molecule has 2 rings (SSSR count). The summed E-state index contributed by atoms with van der Waals surface area (Å²) >= 11 is 8.94. The van der Waals surface area contributed by atoms with E-state index in [0.717, 1.165) is 5.56 Å². The first-order valence-electron chi connectivity index (χ1n) is 5.60. The summed E-state index contributed by atoms with van der Waals surface area (Å²) in [5.41, 5.74) is 6.60. The van der Waals surface area contributed by atoms with Crippen LogP contribution >= 0.6 is 27.5 Å². The zero-order chi connectivity index (χ0) is 14.9. The fourth-order valence-corrected chi connectivity index (χ4v) is 3.88. The average molecular weight is 380 g/mol. The highest BCUT2D eigenvalue weighted by atomic mass is 79.9. The van der Waals surface area contributed by atoms with Gasteiger partial charge in [0.05, 0.1) is 12.2 Å². The summed E-state index contributed by atoms with van der Waals surface area (Å²) in [5.74, 6) is 0.375. The van der Waals surface area contributed by atoms with Crippen LogP contribution in [0.3, 0.4) is 0 Å². The summed E-state index contributed by atoms with van der Waals surface area (Å²) in [4.78, 5) is -0.00248. The number of halogens is 2. The topological polar surface area (TPSA) is 85.3 Å². The molecule has 108 valence electrons. The van der Waals surface area contributed by atoms with Gasteiger partial charge in [0.15, 0.2) is 4.67 Å². The van der Waals surface area contributed by atoms with E-state index in [1.165, 1.54) is 6.07 Å². The van der Waals surface area contributed by atoms with E-state index in [1.54, 1.807) is 25.1 Å². The van der Waals surface area contributed by atoms with Crippen molar-refractivity contribution in [2.24, 2.45) is 5.73 Å². The van der Waals surface area contributed by atoms with Gasteiger partial charge in [-0.3, -0.25) is 4.72 Å². The van der Waals surface area contributed by atoms with Crippen LogP contribution in [-0.4, -0.2) is 8.42 Å². The van der Waals surface area contributed by atoms with E-state index in [9.17, 15) is 8.42 Å². The number of sulfonamides is 1. The van der Waals surface area contributed by atoms with E-state index in [1.807, 2.05) is 0 Å². The van der Waals surface area contributed by atoms with Crippen molar-refractivity contribution in [3.63, 3.8) is 0 Å². The van der Waals surface area contributed by atoms with Crippen LogP contribution in [-0.2, 0) is 16.6 Å². The van der Waals surface area contributed by atoms with Crippen LogP contribution < -0.4 is 10.5 Å². The van der Waals surface area contributed by atoms with Crippen molar-refractivity contribution in [3.05, 3.63) is 45.3 Å². The van der Waals surface area contributed by atoms with Crippen molar-refractivity contribution in [3.8, 4) is 0 Å². The first-order valence-corrected chi connectivity index (χ1v) is 8.26. The maximum atomic E-state index is 12.3. The molecule has 0 spiro atoms. The molecular weight excluding hydrogens is 368 g/mol. The van der Waals surface area contributed by atoms with E-state index in [-0.39, 0.29) is 16.1 Å². The molecule has 0 aliphatic heterocycles.